The van der Waals surface area contributed by atoms with Crippen molar-refractivity contribution in [3.05, 3.63) is 0 Å². The summed E-state index contributed by atoms with van der Waals surface area (Å²) in [5.74, 6) is 3.93. The number of hydrogen-bond acceptors (Lipinski definition) is 3. The largest absolute Gasteiger partial charge is 0.469 e. The second kappa shape index (κ2) is 7.93. The molecule has 4 rings (SSSR count). The molecule has 4 saturated carbocycles. The summed E-state index contributed by atoms with van der Waals surface area (Å²) in [4.78, 5) is 11.9. The number of carbonyl (C=O) groups is 1. The highest BCUT2D eigenvalue weighted by atomic mass is 16.5. The van der Waals surface area contributed by atoms with Crippen molar-refractivity contribution in [1.82, 2.24) is 0 Å². The van der Waals surface area contributed by atoms with E-state index >= 15 is 0 Å². The Morgan fingerprint density at radius 3 is 2.54 bits per heavy atom. The van der Waals surface area contributed by atoms with Gasteiger partial charge < -0.3 is 9.84 Å². The predicted octanol–water partition coefficient (Wildman–Crippen LogP) is 5.60. The molecule has 3 heteroatoms. The molecule has 0 heterocycles. The van der Waals surface area contributed by atoms with Gasteiger partial charge in [0, 0.05) is 0 Å². The molecule has 8 atom stereocenters. The zero-order valence-electron chi connectivity index (χ0n) is 18.4. The fourth-order valence-electron chi connectivity index (χ4n) is 8.73. The van der Waals surface area contributed by atoms with Gasteiger partial charge in [0.05, 0.1) is 19.6 Å². The molecule has 0 saturated heterocycles. The SMILES string of the molecule is COC(=O)C(CO)CCC1CCC2C3CCC4CCCCC4(C)C3CCC12C. The van der Waals surface area contributed by atoms with E-state index < -0.39 is 0 Å². The molecule has 0 radical (unpaired) electrons. The third-order valence-electron chi connectivity index (χ3n) is 10.4. The third kappa shape index (κ3) is 3.24. The van der Waals surface area contributed by atoms with Crippen LogP contribution in [0.3, 0.4) is 0 Å². The maximum Gasteiger partial charge on any atom is 0.310 e. The molecule has 28 heavy (non-hydrogen) atoms. The second-order valence-electron chi connectivity index (χ2n) is 11.2. The van der Waals surface area contributed by atoms with Crippen LogP contribution in [-0.2, 0) is 9.53 Å². The van der Waals surface area contributed by atoms with Crippen molar-refractivity contribution < 1.29 is 14.6 Å². The van der Waals surface area contributed by atoms with E-state index in [0.29, 0.717) is 16.7 Å². The van der Waals surface area contributed by atoms with Crippen molar-refractivity contribution in [1.29, 1.82) is 0 Å². The van der Waals surface area contributed by atoms with Crippen LogP contribution in [0, 0.1) is 46.3 Å². The standard InChI is InChI=1S/C25H42O3/c1-24-14-5-4-6-18(24)9-11-20-21-12-10-19(25(21,2)15-13-22(20)24)8-7-17(16-26)23(27)28-3/h17-22,26H,4-16H2,1-3H3. The van der Waals surface area contributed by atoms with Crippen LogP contribution in [-0.4, -0.2) is 24.8 Å². The van der Waals surface area contributed by atoms with Crippen LogP contribution < -0.4 is 0 Å². The van der Waals surface area contributed by atoms with Gasteiger partial charge in [-0.2, -0.15) is 0 Å². The van der Waals surface area contributed by atoms with E-state index in [0.717, 1.165) is 36.5 Å². The Balaban J connectivity index is 1.45. The van der Waals surface area contributed by atoms with Gasteiger partial charge in [-0.25, -0.2) is 0 Å². The van der Waals surface area contributed by atoms with Gasteiger partial charge in [-0.3, -0.25) is 4.79 Å². The molecule has 4 aliphatic carbocycles. The van der Waals surface area contributed by atoms with Gasteiger partial charge in [0.2, 0.25) is 0 Å². The molecule has 0 aromatic heterocycles. The van der Waals surface area contributed by atoms with Crippen molar-refractivity contribution in [2.45, 2.75) is 90.9 Å². The third-order valence-corrected chi connectivity index (χ3v) is 10.4. The molecule has 160 valence electrons. The molecule has 8 unspecified atom stereocenters. The van der Waals surface area contributed by atoms with E-state index in [2.05, 4.69) is 13.8 Å². The number of fused-ring (bicyclic) bond motifs is 5. The average Bonchev–Trinajstić information content (AvgIpc) is 3.04. The first-order valence-corrected chi connectivity index (χ1v) is 12.1. The maximum absolute atomic E-state index is 11.9. The zero-order chi connectivity index (χ0) is 19.9. The van der Waals surface area contributed by atoms with E-state index in [1.807, 2.05) is 0 Å². The Labute approximate surface area is 172 Å². The molecule has 0 bridgehead atoms. The Bertz CT molecular complexity index is 574. The van der Waals surface area contributed by atoms with E-state index in [-0.39, 0.29) is 18.5 Å². The van der Waals surface area contributed by atoms with Crippen LogP contribution >= 0.6 is 0 Å². The van der Waals surface area contributed by atoms with Crippen LogP contribution in [0.5, 0.6) is 0 Å². The summed E-state index contributed by atoms with van der Waals surface area (Å²) in [6.07, 6.45) is 16.2. The molecule has 0 aliphatic heterocycles. The summed E-state index contributed by atoms with van der Waals surface area (Å²) < 4.78 is 4.88. The Morgan fingerprint density at radius 1 is 1.00 bits per heavy atom. The Morgan fingerprint density at radius 2 is 1.79 bits per heavy atom. The number of esters is 1. The molecule has 3 nitrogen and oxygen atoms in total. The van der Waals surface area contributed by atoms with Crippen molar-refractivity contribution in [2.75, 3.05) is 13.7 Å². The second-order valence-corrected chi connectivity index (χ2v) is 11.2. The minimum Gasteiger partial charge on any atom is -0.469 e. The predicted molar refractivity (Wildman–Crippen MR) is 112 cm³/mol. The van der Waals surface area contributed by atoms with Crippen LogP contribution in [0.2, 0.25) is 0 Å². The summed E-state index contributed by atoms with van der Waals surface area (Å²) in [7, 11) is 1.43. The first-order chi connectivity index (χ1) is 13.4. The molecular formula is C25H42O3. The van der Waals surface area contributed by atoms with E-state index in [4.69, 9.17) is 4.74 Å². The number of ether oxygens (including phenoxy) is 1. The number of rotatable bonds is 5. The number of aliphatic hydroxyl groups excluding tert-OH is 1. The van der Waals surface area contributed by atoms with Crippen molar-refractivity contribution in [3.8, 4) is 0 Å². The number of methoxy groups -OCH3 is 1. The highest BCUT2D eigenvalue weighted by Gasteiger charge is 2.59. The summed E-state index contributed by atoms with van der Waals surface area (Å²) in [5, 5.41) is 9.59. The molecule has 1 N–H and O–H groups in total. The monoisotopic (exact) mass is 390 g/mol. The average molecular weight is 391 g/mol. The van der Waals surface area contributed by atoms with Crippen molar-refractivity contribution in [2.24, 2.45) is 46.3 Å². The number of hydrogen-bond donors (Lipinski definition) is 1. The summed E-state index contributed by atoms with van der Waals surface area (Å²) in [6.45, 7) is 5.15. The van der Waals surface area contributed by atoms with Gasteiger partial charge in [0.1, 0.15) is 0 Å². The van der Waals surface area contributed by atoms with Crippen molar-refractivity contribution >= 4 is 5.97 Å². The molecule has 0 amide bonds. The minimum atomic E-state index is -0.333. The van der Waals surface area contributed by atoms with Crippen LogP contribution in [0.1, 0.15) is 90.9 Å². The first-order valence-electron chi connectivity index (χ1n) is 12.1. The van der Waals surface area contributed by atoms with Gasteiger partial charge in [-0.15, -0.1) is 0 Å². The molecule has 0 spiro atoms. The Hall–Kier alpha value is -0.570. The zero-order valence-corrected chi connectivity index (χ0v) is 18.4. The fraction of sp³-hybridized carbons (Fsp3) is 0.960. The molecule has 0 aromatic carbocycles. The molecule has 4 fully saturated rings. The summed E-state index contributed by atoms with van der Waals surface area (Å²) in [6, 6.07) is 0. The van der Waals surface area contributed by atoms with E-state index in [1.54, 1.807) is 0 Å². The van der Waals surface area contributed by atoms with E-state index in [1.165, 1.54) is 71.3 Å². The maximum atomic E-state index is 11.9. The van der Waals surface area contributed by atoms with Crippen LogP contribution in [0.25, 0.3) is 0 Å². The quantitative estimate of drug-likeness (QED) is 0.622. The van der Waals surface area contributed by atoms with Gasteiger partial charge in [0.15, 0.2) is 0 Å². The summed E-state index contributed by atoms with van der Waals surface area (Å²) >= 11 is 0. The smallest absolute Gasteiger partial charge is 0.310 e. The van der Waals surface area contributed by atoms with Crippen molar-refractivity contribution in [3.63, 3.8) is 0 Å². The number of carbonyl (C=O) groups excluding carboxylic acids is 1. The lowest BCUT2D eigenvalue weighted by molar-refractivity contribution is -0.147. The van der Waals surface area contributed by atoms with E-state index in [9.17, 15) is 9.90 Å². The van der Waals surface area contributed by atoms with Crippen LogP contribution in [0.15, 0.2) is 0 Å². The lowest BCUT2D eigenvalue weighted by atomic mass is 9.45. The Kier molecular flexibility index (Phi) is 5.86. The van der Waals surface area contributed by atoms with Gasteiger partial charge in [-0.1, -0.05) is 26.7 Å². The molecule has 0 aromatic rings. The molecular weight excluding hydrogens is 348 g/mol. The van der Waals surface area contributed by atoms with Gasteiger partial charge in [0.25, 0.3) is 0 Å². The lowest BCUT2D eigenvalue weighted by Crippen LogP contribution is -2.52. The lowest BCUT2D eigenvalue weighted by Gasteiger charge is -2.60. The van der Waals surface area contributed by atoms with Crippen LogP contribution in [0.4, 0.5) is 0 Å². The first kappa shape index (κ1) is 20.7. The minimum absolute atomic E-state index is 0.0794. The van der Waals surface area contributed by atoms with Gasteiger partial charge >= 0.3 is 5.97 Å². The summed E-state index contributed by atoms with van der Waals surface area (Å²) in [5.41, 5.74) is 1.07. The number of aliphatic hydroxyl groups is 1. The topological polar surface area (TPSA) is 46.5 Å². The normalized spacial score (nSPS) is 46.2. The highest BCUT2D eigenvalue weighted by molar-refractivity contribution is 5.72. The highest BCUT2D eigenvalue weighted by Crippen LogP contribution is 2.67. The molecule has 4 aliphatic rings. The fourth-order valence-corrected chi connectivity index (χ4v) is 8.73. The van der Waals surface area contributed by atoms with Gasteiger partial charge in [-0.05, 0) is 105 Å².